The summed E-state index contributed by atoms with van der Waals surface area (Å²) in [4.78, 5) is 46.5. The minimum atomic E-state index is -1.08. The van der Waals surface area contributed by atoms with Gasteiger partial charge >= 0.3 is 11.9 Å². The third-order valence-corrected chi connectivity index (χ3v) is 6.04. The minimum absolute atomic E-state index is 0.0213. The second-order valence-electron chi connectivity index (χ2n) is 7.36. The van der Waals surface area contributed by atoms with E-state index in [0.717, 1.165) is 29.7 Å². The summed E-state index contributed by atoms with van der Waals surface area (Å²) in [6.07, 6.45) is 4.29. The van der Waals surface area contributed by atoms with E-state index in [4.69, 9.17) is 9.47 Å². The summed E-state index contributed by atoms with van der Waals surface area (Å²) in [5.41, 5.74) is 2.05. The van der Waals surface area contributed by atoms with Crippen LogP contribution >= 0.6 is 11.3 Å². The lowest BCUT2D eigenvalue weighted by Crippen LogP contribution is -2.30. The van der Waals surface area contributed by atoms with Crippen molar-refractivity contribution in [3.8, 4) is 0 Å². The number of nitrogens with zero attached hydrogens (tertiary/aromatic N) is 2. The smallest absolute Gasteiger partial charge is 0.359 e. The molecule has 2 aromatic rings. The number of hydrogen-bond donors (Lipinski definition) is 1. The number of carbonyl (C=O) groups is 3. The van der Waals surface area contributed by atoms with E-state index in [-0.39, 0.29) is 12.3 Å². The Hall–Kier alpha value is -2.81. The summed E-state index contributed by atoms with van der Waals surface area (Å²) in [7, 11) is 0. The first-order valence-electron chi connectivity index (χ1n) is 9.92. The van der Waals surface area contributed by atoms with Crippen LogP contribution in [0.3, 0.4) is 0 Å². The van der Waals surface area contributed by atoms with Gasteiger partial charge in [0.25, 0.3) is 5.91 Å². The average Bonchev–Trinajstić information content (AvgIpc) is 3.05. The highest BCUT2D eigenvalue weighted by molar-refractivity contribution is 7.17. The Morgan fingerprint density at radius 2 is 2.03 bits per heavy atom. The van der Waals surface area contributed by atoms with Gasteiger partial charge in [0.15, 0.2) is 11.8 Å². The molecule has 30 heavy (non-hydrogen) atoms. The lowest BCUT2D eigenvalue weighted by molar-refractivity contribution is -0.123. The van der Waals surface area contributed by atoms with E-state index in [1.54, 1.807) is 13.8 Å². The van der Waals surface area contributed by atoms with Crippen molar-refractivity contribution in [2.75, 3.05) is 11.9 Å². The van der Waals surface area contributed by atoms with Gasteiger partial charge < -0.3 is 14.8 Å². The molecule has 0 radical (unpaired) electrons. The molecule has 0 aliphatic heterocycles. The molecule has 9 heteroatoms. The van der Waals surface area contributed by atoms with Gasteiger partial charge in [-0.3, -0.25) is 9.78 Å². The fourth-order valence-electron chi connectivity index (χ4n) is 3.24. The molecular formula is C21H25N3O5S. The zero-order valence-electron chi connectivity index (χ0n) is 17.5. The van der Waals surface area contributed by atoms with Crippen LogP contribution in [-0.4, -0.2) is 40.5 Å². The normalized spacial score (nSPS) is 16.3. The maximum absolute atomic E-state index is 12.7. The molecule has 3 rings (SSSR count). The number of nitrogens with one attached hydrogen (secondary N) is 1. The standard InChI is InChI=1S/C21H25N3O5S/c1-5-28-21(27)17-14-7-6-11(2)8-16(14)30-19(17)24-18(25)13(4)29-20(26)15-10-22-12(3)9-23-15/h9-11,13H,5-8H2,1-4H3,(H,24,25)/t11-,13-/m1/s1. The lowest BCUT2D eigenvalue weighted by Gasteiger charge is -2.18. The third-order valence-electron chi connectivity index (χ3n) is 4.87. The molecule has 0 bridgehead atoms. The lowest BCUT2D eigenvalue weighted by atomic mass is 9.88. The van der Waals surface area contributed by atoms with Gasteiger partial charge in [-0.15, -0.1) is 11.3 Å². The van der Waals surface area contributed by atoms with E-state index in [2.05, 4.69) is 22.2 Å². The molecule has 2 heterocycles. The van der Waals surface area contributed by atoms with E-state index >= 15 is 0 Å². The first-order valence-corrected chi connectivity index (χ1v) is 10.7. The van der Waals surface area contributed by atoms with Crippen LogP contribution in [0, 0.1) is 12.8 Å². The predicted molar refractivity (Wildman–Crippen MR) is 112 cm³/mol. The van der Waals surface area contributed by atoms with Gasteiger partial charge in [-0.2, -0.15) is 0 Å². The SMILES string of the molecule is CCOC(=O)c1c(NC(=O)[C@@H](C)OC(=O)c2cnc(C)cn2)sc2c1CC[C@@H](C)C2. The summed E-state index contributed by atoms with van der Waals surface area (Å²) in [6, 6.07) is 0. The van der Waals surface area contributed by atoms with Crippen LogP contribution in [0.5, 0.6) is 0 Å². The molecule has 1 N–H and O–H groups in total. The monoisotopic (exact) mass is 431 g/mol. The number of amides is 1. The molecule has 1 amide bonds. The summed E-state index contributed by atoms with van der Waals surface area (Å²) < 4.78 is 10.4. The van der Waals surface area contributed by atoms with Crippen LogP contribution in [0.4, 0.5) is 5.00 Å². The maximum atomic E-state index is 12.7. The van der Waals surface area contributed by atoms with Crippen molar-refractivity contribution in [2.24, 2.45) is 5.92 Å². The van der Waals surface area contributed by atoms with Crippen molar-refractivity contribution in [2.45, 2.75) is 53.1 Å². The van der Waals surface area contributed by atoms with E-state index < -0.39 is 23.9 Å². The Labute approximate surface area is 179 Å². The number of fused-ring (bicyclic) bond motifs is 1. The summed E-state index contributed by atoms with van der Waals surface area (Å²) in [5, 5.41) is 3.19. The molecular weight excluding hydrogens is 406 g/mol. The van der Waals surface area contributed by atoms with Crippen molar-refractivity contribution in [3.05, 3.63) is 39.8 Å². The topological polar surface area (TPSA) is 107 Å². The van der Waals surface area contributed by atoms with Crippen LogP contribution in [-0.2, 0) is 27.1 Å². The zero-order valence-corrected chi connectivity index (χ0v) is 18.3. The second-order valence-corrected chi connectivity index (χ2v) is 8.46. The average molecular weight is 432 g/mol. The van der Waals surface area contributed by atoms with Crippen LogP contribution in [0.2, 0.25) is 0 Å². The van der Waals surface area contributed by atoms with Gasteiger partial charge in [0.05, 0.1) is 24.1 Å². The molecule has 8 nitrogen and oxygen atoms in total. The summed E-state index contributed by atoms with van der Waals surface area (Å²) in [6.45, 7) is 7.38. The second kappa shape index (κ2) is 9.34. The molecule has 0 saturated carbocycles. The first-order chi connectivity index (χ1) is 14.3. The maximum Gasteiger partial charge on any atom is 0.359 e. The molecule has 0 unspecified atom stereocenters. The molecule has 2 aromatic heterocycles. The molecule has 1 aliphatic rings. The highest BCUT2D eigenvalue weighted by atomic mass is 32.1. The number of aromatic nitrogens is 2. The van der Waals surface area contributed by atoms with Crippen LogP contribution in [0.1, 0.15) is 64.2 Å². The van der Waals surface area contributed by atoms with Crippen molar-refractivity contribution in [1.82, 2.24) is 9.97 Å². The number of carbonyl (C=O) groups excluding carboxylic acids is 3. The van der Waals surface area contributed by atoms with Gasteiger partial charge in [0, 0.05) is 11.1 Å². The quantitative estimate of drug-likeness (QED) is 0.699. The van der Waals surface area contributed by atoms with E-state index in [1.165, 1.54) is 30.7 Å². The van der Waals surface area contributed by atoms with Crippen LogP contribution < -0.4 is 5.32 Å². The molecule has 1 aliphatic carbocycles. The van der Waals surface area contributed by atoms with Crippen molar-refractivity contribution in [1.29, 1.82) is 0 Å². The van der Waals surface area contributed by atoms with Gasteiger partial charge in [0.2, 0.25) is 0 Å². The fourth-order valence-corrected chi connectivity index (χ4v) is 4.65. The van der Waals surface area contributed by atoms with E-state index in [0.29, 0.717) is 22.2 Å². The number of ether oxygens (including phenoxy) is 2. The van der Waals surface area contributed by atoms with Crippen LogP contribution in [0.15, 0.2) is 12.4 Å². The molecule has 0 aromatic carbocycles. The molecule has 0 spiro atoms. The van der Waals surface area contributed by atoms with Crippen molar-refractivity contribution >= 4 is 34.2 Å². The van der Waals surface area contributed by atoms with Crippen LogP contribution in [0.25, 0.3) is 0 Å². The fraction of sp³-hybridized carbons (Fsp3) is 0.476. The third kappa shape index (κ3) is 4.84. The Morgan fingerprint density at radius 1 is 1.27 bits per heavy atom. The molecule has 160 valence electrons. The highest BCUT2D eigenvalue weighted by Crippen LogP contribution is 2.40. The first kappa shape index (κ1) is 21.9. The predicted octanol–water partition coefficient (Wildman–Crippen LogP) is 3.33. The minimum Gasteiger partial charge on any atom is -0.462 e. The van der Waals surface area contributed by atoms with Gasteiger partial charge in [-0.05, 0) is 51.5 Å². The van der Waals surface area contributed by atoms with Gasteiger partial charge in [-0.25, -0.2) is 14.6 Å². The molecule has 0 saturated heterocycles. The Bertz CT molecular complexity index is 954. The Kier molecular flexibility index (Phi) is 6.81. The Morgan fingerprint density at radius 3 is 2.70 bits per heavy atom. The molecule has 2 atom stereocenters. The van der Waals surface area contributed by atoms with E-state index in [1.807, 2.05) is 0 Å². The zero-order chi connectivity index (χ0) is 21.8. The van der Waals surface area contributed by atoms with Gasteiger partial charge in [0.1, 0.15) is 5.00 Å². The van der Waals surface area contributed by atoms with Gasteiger partial charge in [-0.1, -0.05) is 6.92 Å². The number of rotatable bonds is 6. The number of esters is 2. The summed E-state index contributed by atoms with van der Waals surface area (Å²) >= 11 is 1.39. The highest BCUT2D eigenvalue weighted by Gasteiger charge is 2.30. The number of anilines is 1. The number of aryl methyl sites for hydroxylation is 1. The Balaban J connectivity index is 1.75. The largest absolute Gasteiger partial charge is 0.462 e. The number of hydrogen-bond acceptors (Lipinski definition) is 8. The summed E-state index contributed by atoms with van der Waals surface area (Å²) in [5.74, 6) is -1.19. The number of thiophene rings is 1. The molecule has 0 fully saturated rings. The van der Waals surface area contributed by atoms with E-state index in [9.17, 15) is 14.4 Å². The van der Waals surface area contributed by atoms with Crippen molar-refractivity contribution < 1.29 is 23.9 Å². The van der Waals surface area contributed by atoms with Crippen molar-refractivity contribution in [3.63, 3.8) is 0 Å².